The van der Waals surface area contributed by atoms with Gasteiger partial charge >= 0.3 is 254 Å². The van der Waals surface area contributed by atoms with E-state index in [2.05, 4.69) is 92.1 Å². The Kier molecular flexibility index (Phi) is 13.1. The Morgan fingerprint density at radius 2 is 1.03 bits per heavy atom. The van der Waals surface area contributed by atoms with Crippen molar-refractivity contribution < 1.29 is 9.47 Å². The molecule has 3 rings (SSSR count). The molecule has 0 radical (unpaired) electrons. The summed E-state index contributed by atoms with van der Waals surface area (Å²) in [6.07, 6.45) is 10.3. The first-order chi connectivity index (χ1) is 17.9. The topological polar surface area (TPSA) is 18.5 Å². The molecule has 6 heteroatoms. The van der Waals surface area contributed by atoms with Gasteiger partial charge in [-0.3, -0.25) is 0 Å². The van der Waals surface area contributed by atoms with Crippen LogP contribution >= 0.6 is 22.7 Å². The van der Waals surface area contributed by atoms with Crippen LogP contribution in [0.3, 0.4) is 0 Å². The van der Waals surface area contributed by atoms with Crippen LogP contribution < -0.4 is 5.79 Å². The van der Waals surface area contributed by atoms with Gasteiger partial charge in [0.2, 0.25) is 0 Å². The first-order valence-corrected chi connectivity index (χ1v) is 37.1. The van der Waals surface area contributed by atoms with Crippen molar-refractivity contribution in [3.8, 4) is 0 Å². The fourth-order valence-corrected chi connectivity index (χ4v) is 18.4. The quantitative estimate of drug-likeness (QED) is 0.158. The van der Waals surface area contributed by atoms with Gasteiger partial charge in [-0.2, -0.15) is 0 Å². The summed E-state index contributed by atoms with van der Waals surface area (Å²) in [6, 6.07) is 5.14. The third-order valence-corrected chi connectivity index (χ3v) is 29.4. The van der Waals surface area contributed by atoms with Crippen LogP contribution in [-0.2, 0) is 9.47 Å². The molecular weight excluding hydrogens is 718 g/mol. The predicted octanol–water partition coefficient (Wildman–Crippen LogP) is 9.86. The first-order valence-electron chi connectivity index (χ1n) is 15.5. The molecule has 0 saturated heterocycles. The Bertz CT molecular complexity index is 875. The molecule has 4 atom stereocenters. The van der Waals surface area contributed by atoms with Gasteiger partial charge in [-0.25, -0.2) is 0 Å². The van der Waals surface area contributed by atoms with Gasteiger partial charge in [-0.05, 0) is 0 Å². The number of fused-ring (bicyclic) bond motifs is 2. The zero-order chi connectivity index (χ0) is 28.1. The van der Waals surface area contributed by atoms with E-state index in [1.54, 1.807) is 5.79 Å². The van der Waals surface area contributed by atoms with E-state index in [1.165, 1.54) is 72.2 Å². The molecular formula is C32H56O2S2Sn2. The van der Waals surface area contributed by atoms with Crippen LogP contribution in [0.25, 0.3) is 0 Å². The molecule has 0 fully saturated rings. The van der Waals surface area contributed by atoms with E-state index in [1.807, 2.05) is 0 Å². The van der Waals surface area contributed by atoms with Crippen molar-refractivity contribution in [3.63, 3.8) is 0 Å². The Morgan fingerprint density at radius 1 is 0.658 bits per heavy atom. The number of ether oxygens (including phenoxy) is 2. The van der Waals surface area contributed by atoms with Gasteiger partial charge in [-0.15, -0.1) is 0 Å². The molecule has 216 valence electrons. The van der Waals surface area contributed by atoms with E-state index >= 15 is 0 Å². The molecule has 1 aliphatic carbocycles. The van der Waals surface area contributed by atoms with Crippen LogP contribution in [0.15, 0.2) is 12.1 Å². The summed E-state index contributed by atoms with van der Waals surface area (Å²) in [5.41, 5.74) is 2.89. The van der Waals surface area contributed by atoms with Gasteiger partial charge in [0, 0.05) is 0 Å². The van der Waals surface area contributed by atoms with Crippen LogP contribution in [0.1, 0.15) is 112 Å². The molecule has 0 aromatic carbocycles. The fourth-order valence-electron chi connectivity index (χ4n) is 5.27. The third-order valence-electron chi connectivity index (χ3n) is 8.19. The van der Waals surface area contributed by atoms with E-state index in [9.17, 15) is 0 Å². The molecule has 2 nitrogen and oxygen atoms in total. The summed E-state index contributed by atoms with van der Waals surface area (Å²) in [5, 5.41) is 0. The average molecular weight is 774 g/mol. The maximum atomic E-state index is 6.99. The van der Waals surface area contributed by atoms with Gasteiger partial charge in [0.25, 0.3) is 0 Å². The van der Waals surface area contributed by atoms with Gasteiger partial charge < -0.3 is 0 Å². The van der Waals surface area contributed by atoms with Gasteiger partial charge in [-0.1, -0.05) is 0 Å². The Hall–Kier alpha value is 0.917. The van der Waals surface area contributed by atoms with Gasteiger partial charge in [0.15, 0.2) is 0 Å². The molecule has 2 heterocycles. The normalized spacial score (nSPS) is 19.3. The SMILES string of the molecule is CCCCC(CC)COC1c2c[c]([Sn]([CH3])([CH3])[CH3])sc2C(OCC(CC)CCCC)c2c[c]([Sn]([CH3])([CH3])[CH3])sc21. The van der Waals surface area contributed by atoms with E-state index in [0.717, 1.165) is 13.2 Å². The predicted molar refractivity (Wildman–Crippen MR) is 177 cm³/mol. The van der Waals surface area contributed by atoms with Crippen molar-refractivity contribution in [1.29, 1.82) is 0 Å². The van der Waals surface area contributed by atoms with Gasteiger partial charge in [0.05, 0.1) is 0 Å². The van der Waals surface area contributed by atoms with Crippen LogP contribution in [0.5, 0.6) is 0 Å². The second kappa shape index (κ2) is 14.9. The molecule has 2 aromatic heterocycles. The van der Waals surface area contributed by atoms with Crippen LogP contribution in [0.2, 0.25) is 29.6 Å². The van der Waals surface area contributed by atoms with Crippen LogP contribution in [-0.4, -0.2) is 50.0 Å². The Balaban J connectivity index is 2.03. The molecule has 0 amide bonds. The fraction of sp³-hybridized carbons (Fsp3) is 0.750. The summed E-state index contributed by atoms with van der Waals surface area (Å²) < 4.78 is 17.3. The van der Waals surface area contributed by atoms with E-state index in [4.69, 9.17) is 9.47 Å². The molecule has 38 heavy (non-hydrogen) atoms. The van der Waals surface area contributed by atoms with Crippen LogP contribution in [0, 0.1) is 11.8 Å². The molecule has 0 aliphatic heterocycles. The minimum atomic E-state index is -2.25. The number of hydrogen-bond acceptors (Lipinski definition) is 4. The summed E-state index contributed by atoms with van der Waals surface area (Å²) in [5.74, 6) is 1.31. The van der Waals surface area contributed by atoms with Crippen molar-refractivity contribution in [2.24, 2.45) is 11.8 Å². The number of rotatable bonds is 16. The number of unbranched alkanes of at least 4 members (excludes halogenated alkanes) is 2. The van der Waals surface area contributed by atoms with Crippen molar-refractivity contribution >= 4 is 65.2 Å². The van der Waals surface area contributed by atoms with E-state index < -0.39 is 36.8 Å². The first kappa shape index (κ1) is 33.4. The van der Waals surface area contributed by atoms with Crippen molar-refractivity contribution in [1.82, 2.24) is 0 Å². The van der Waals surface area contributed by atoms with Crippen molar-refractivity contribution in [3.05, 3.63) is 33.0 Å². The zero-order valence-corrected chi connectivity index (χ0v) is 33.5. The molecule has 2 aromatic rings. The number of hydrogen-bond donors (Lipinski definition) is 0. The second-order valence-corrected chi connectivity index (χ2v) is 46.6. The van der Waals surface area contributed by atoms with Crippen LogP contribution in [0.4, 0.5) is 0 Å². The van der Waals surface area contributed by atoms with Crippen molar-refractivity contribution in [2.75, 3.05) is 13.2 Å². The summed E-state index contributed by atoms with van der Waals surface area (Å²) in [4.78, 5) is 18.2. The third kappa shape index (κ3) is 8.49. The molecule has 0 saturated carbocycles. The molecule has 0 bridgehead atoms. The standard InChI is InChI=1S/C26H38O2S2.6CH3.2Sn/c1-5-9-11-19(7-3)17-27-23-21-13-15-30-26(21)24(22-14-16-29-25(22)23)28-18-20(8-4)12-10-6-2;;;;;;;;/h13-14,19-20,23-24H,5-12,17-18H2,1-4H3;6*1H3;;. The maximum absolute atomic E-state index is 6.99. The average Bonchev–Trinajstić information content (AvgIpc) is 3.50. The Labute approximate surface area is 251 Å². The van der Waals surface area contributed by atoms with E-state index in [0.29, 0.717) is 11.8 Å². The minimum absolute atomic E-state index is 0.0867. The number of thiophene rings is 2. The van der Waals surface area contributed by atoms with Gasteiger partial charge in [0.1, 0.15) is 0 Å². The summed E-state index contributed by atoms with van der Waals surface area (Å²) in [6.45, 7) is 11.0. The summed E-state index contributed by atoms with van der Waals surface area (Å²) >= 11 is -0.356. The van der Waals surface area contributed by atoms with E-state index in [-0.39, 0.29) is 12.2 Å². The summed E-state index contributed by atoms with van der Waals surface area (Å²) in [7, 11) is 0. The monoisotopic (exact) mass is 776 g/mol. The zero-order valence-electron chi connectivity index (χ0n) is 26.2. The second-order valence-electron chi connectivity index (χ2n) is 13.6. The molecule has 1 aliphatic rings. The molecule has 0 N–H and O–H groups in total. The molecule has 0 spiro atoms. The van der Waals surface area contributed by atoms with Crippen molar-refractivity contribution in [2.45, 2.75) is 121 Å². The molecule has 4 unspecified atom stereocenters. The Morgan fingerprint density at radius 3 is 1.32 bits per heavy atom.